The number of urea groups is 1. The molecule has 1 aromatic carbocycles. The second-order valence-electron chi connectivity index (χ2n) is 4.71. The second kappa shape index (κ2) is 7.03. The predicted molar refractivity (Wildman–Crippen MR) is 84.4 cm³/mol. The minimum absolute atomic E-state index is 0.0327. The minimum Gasteiger partial charge on any atom is -0.352 e. The Hall–Kier alpha value is -2.15. The standard InChI is InChI=1S/C14H18N4O2S/c1-9-17-11-6-5-10(8-12(11)21-9)18-13(19)4-2-3-7-16-14(15)20/h5-6,8H,2-4,7H2,1H3,(H,18,19)(H3,15,16,20). The van der Waals surface area contributed by atoms with E-state index in [1.54, 1.807) is 11.3 Å². The largest absolute Gasteiger partial charge is 0.352 e. The van der Waals surface area contributed by atoms with Crippen LogP contribution >= 0.6 is 11.3 Å². The van der Waals surface area contributed by atoms with E-state index in [1.807, 2.05) is 25.1 Å². The quantitative estimate of drug-likeness (QED) is 0.715. The number of thiazole rings is 1. The summed E-state index contributed by atoms with van der Waals surface area (Å²) in [5, 5.41) is 6.37. The Morgan fingerprint density at radius 1 is 1.33 bits per heavy atom. The molecule has 0 radical (unpaired) electrons. The van der Waals surface area contributed by atoms with Crippen molar-refractivity contribution in [2.45, 2.75) is 26.2 Å². The van der Waals surface area contributed by atoms with E-state index in [9.17, 15) is 9.59 Å². The molecule has 1 aromatic heterocycles. The number of unbranched alkanes of at least 4 members (excludes halogenated alkanes) is 1. The van der Waals surface area contributed by atoms with Crippen LogP contribution in [0.25, 0.3) is 10.2 Å². The molecule has 6 nitrogen and oxygen atoms in total. The van der Waals surface area contributed by atoms with Gasteiger partial charge in [-0.2, -0.15) is 0 Å². The molecule has 0 aliphatic carbocycles. The average molecular weight is 306 g/mol. The van der Waals surface area contributed by atoms with E-state index in [1.165, 1.54) is 0 Å². The summed E-state index contributed by atoms with van der Waals surface area (Å²) in [4.78, 5) is 26.7. The normalized spacial score (nSPS) is 10.5. The molecule has 0 saturated heterocycles. The van der Waals surface area contributed by atoms with Gasteiger partial charge in [0.05, 0.1) is 15.2 Å². The second-order valence-corrected chi connectivity index (χ2v) is 5.95. The lowest BCUT2D eigenvalue weighted by atomic mass is 10.2. The average Bonchev–Trinajstić information content (AvgIpc) is 2.77. The van der Waals surface area contributed by atoms with Crippen LogP contribution in [0.5, 0.6) is 0 Å². The van der Waals surface area contributed by atoms with E-state index >= 15 is 0 Å². The van der Waals surface area contributed by atoms with Gasteiger partial charge in [0.1, 0.15) is 0 Å². The first kappa shape index (κ1) is 15.2. The first-order chi connectivity index (χ1) is 10.0. The number of nitrogens with one attached hydrogen (secondary N) is 2. The molecule has 0 bridgehead atoms. The van der Waals surface area contributed by atoms with Gasteiger partial charge in [-0.3, -0.25) is 4.79 Å². The van der Waals surface area contributed by atoms with Crippen molar-refractivity contribution in [3.05, 3.63) is 23.2 Å². The van der Waals surface area contributed by atoms with Gasteiger partial charge in [0.15, 0.2) is 0 Å². The maximum Gasteiger partial charge on any atom is 0.312 e. The van der Waals surface area contributed by atoms with Gasteiger partial charge in [0.25, 0.3) is 0 Å². The SMILES string of the molecule is Cc1nc2ccc(NC(=O)CCCCNC(N)=O)cc2s1. The lowest BCUT2D eigenvalue weighted by Gasteiger charge is -2.05. The van der Waals surface area contributed by atoms with Crippen LogP contribution in [0.1, 0.15) is 24.3 Å². The van der Waals surface area contributed by atoms with Crippen molar-refractivity contribution < 1.29 is 9.59 Å². The first-order valence-electron chi connectivity index (χ1n) is 6.75. The number of aromatic nitrogens is 1. The highest BCUT2D eigenvalue weighted by Gasteiger charge is 2.05. The highest BCUT2D eigenvalue weighted by Crippen LogP contribution is 2.24. The van der Waals surface area contributed by atoms with E-state index in [0.717, 1.165) is 27.3 Å². The molecule has 1 heterocycles. The summed E-state index contributed by atoms with van der Waals surface area (Å²) in [7, 11) is 0. The van der Waals surface area contributed by atoms with Crippen LogP contribution in [0.3, 0.4) is 0 Å². The fraction of sp³-hybridized carbons (Fsp3) is 0.357. The number of benzene rings is 1. The van der Waals surface area contributed by atoms with Gasteiger partial charge in [0, 0.05) is 18.7 Å². The number of primary amides is 1. The Morgan fingerprint density at radius 3 is 2.90 bits per heavy atom. The summed E-state index contributed by atoms with van der Waals surface area (Å²) >= 11 is 1.61. The third-order valence-electron chi connectivity index (χ3n) is 2.91. The molecule has 21 heavy (non-hydrogen) atoms. The van der Waals surface area contributed by atoms with Crippen molar-refractivity contribution in [1.29, 1.82) is 0 Å². The van der Waals surface area contributed by atoms with Crippen molar-refractivity contribution in [1.82, 2.24) is 10.3 Å². The summed E-state index contributed by atoms with van der Waals surface area (Å²) in [6, 6.07) is 5.17. The zero-order chi connectivity index (χ0) is 15.2. The van der Waals surface area contributed by atoms with Gasteiger partial charge in [-0.15, -0.1) is 11.3 Å². The number of carbonyl (C=O) groups excluding carboxylic acids is 2. The number of amides is 3. The number of anilines is 1. The number of aryl methyl sites for hydroxylation is 1. The predicted octanol–water partition coefficient (Wildman–Crippen LogP) is 2.38. The Morgan fingerprint density at radius 2 is 2.14 bits per heavy atom. The summed E-state index contributed by atoms with van der Waals surface area (Å²) in [6.07, 6.45) is 1.84. The summed E-state index contributed by atoms with van der Waals surface area (Å²) in [5.41, 5.74) is 6.69. The topological polar surface area (TPSA) is 97.1 Å². The fourth-order valence-corrected chi connectivity index (χ4v) is 2.83. The number of fused-ring (bicyclic) bond motifs is 1. The number of hydrogen-bond donors (Lipinski definition) is 3. The van der Waals surface area contributed by atoms with E-state index < -0.39 is 6.03 Å². The molecular formula is C14H18N4O2S. The summed E-state index contributed by atoms with van der Waals surface area (Å²) in [5.74, 6) is -0.0327. The van der Waals surface area contributed by atoms with Crippen LogP contribution < -0.4 is 16.4 Å². The van der Waals surface area contributed by atoms with Crippen LogP contribution in [0.15, 0.2) is 18.2 Å². The van der Waals surface area contributed by atoms with E-state index in [-0.39, 0.29) is 5.91 Å². The Kier molecular flexibility index (Phi) is 5.10. The van der Waals surface area contributed by atoms with Crippen molar-refractivity contribution in [3.8, 4) is 0 Å². The van der Waals surface area contributed by atoms with Crippen LogP contribution in [0.2, 0.25) is 0 Å². The monoisotopic (exact) mass is 306 g/mol. The van der Waals surface area contributed by atoms with E-state index in [4.69, 9.17) is 5.73 Å². The maximum absolute atomic E-state index is 11.8. The molecule has 3 amide bonds. The van der Waals surface area contributed by atoms with E-state index in [2.05, 4.69) is 15.6 Å². The van der Waals surface area contributed by atoms with Crippen molar-refractivity contribution in [2.24, 2.45) is 5.73 Å². The fourth-order valence-electron chi connectivity index (χ4n) is 1.96. The van der Waals surface area contributed by atoms with E-state index in [0.29, 0.717) is 19.4 Å². The molecule has 0 fully saturated rings. The number of nitrogens with zero attached hydrogens (tertiary/aromatic N) is 1. The lowest BCUT2D eigenvalue weighted by Crippen LogP contribution is -2.30. The molecule has 2 rings (SSSR count). The zero-order valence-corrected chi connectivity index (χ0v) is 12.6. The number of carbonyl (C=O) groups is 2. The number of hydrogen-bond acceptors (Lipinski definition) is 4. The highest BCUT2D eigenvalue weighted by atomic mass is 32.1. The third-order valence-corrected chi connectivity index (χ3v) is 3.84. The Bertz CT molecular complexity index is 653. The molecule has 0 spiro atoms. The zero-order valence-electron chi connectivity index (χ0n) is 11.8. The first-order valence-corrected chi connectivity index (χ1v) is 7.56. The van der Waals surface area contributed by atoms with Crippen molar-refractivity contribution >= 4 is 39.2 Å². The Labute approximate surface area is 126 Å². The maximum atomic E-state index is 11.8. The molecule has 0 aliphatic rings. The molecule has 0 saturated carbocycles. The van der Waals surface area contributed by atoms with Crippen LogP contribution in [-0.2, 0) is 4.79 Å². The van der Waals surface area contributed by atoms with Gasteiger partial charge in [-0.05, 0) is 38.0 Å². The molecule has 7 heteroatoms. The summed E-state index contributed by atoms with van der Waals surface area (Å²) in [6.45, 7) is 2.46. The highest BCUT2D eigenvalue weighted by molar-refractivity contribution is 7.18. The van der Waals surface area contributed by atoms with Gasteiger partial charge < -0.3 is 16.4 Å². The molecule has 0 aliphatic heterocycles. The number of rotatable bonds is 6. The van der Waals surface area contributed by atoms with Crippen LogP contribution in [-0.4, -0.2) is 23.5 Å². The molecule has 2 aromatic rings. The smallest absolute Gasteiger partial charge is 0.312 e. The lowest BCUT2D eigenvalue weighted by molar-refractivity contribution is -0.116. The van der Waals surface area contributed by atoms with Crippen LogP contribution in [0.4, 0.5) is 10.5 Å². The Balaban J connectivity index is 1.79. The molecule has 4 N–H and O–H groups in total. The number of nitrogens with two attached hydrogens (primary N) is 1. The van der Waals surface area contributed by atoms with Crippen LogP contribution in [0, 0.1) is 6.92 Å². The molecule has 0 unspecified atom stereocenters. The van der Waals surface area contributed by atoms with Gasteiger partial charge in [0.2, 0.25) is 5.91 Å². The summed E-state index contributed by atoms with van der Waals surface area (Å²) < 4.78 is 1.07. The van der Waals surface area contributed by atoms with Crippen molar-refractivity contribution in [2.75, 3.05) is 11.9 Å². The molecule has 112 valence electrons. The molecular weight excluding hydrogens is 288 g/mol. The van der Waals surface area contributed by atoms with Gasteiger partial charge in [-0.1, -0.05) is 0 Å². The minimum atomic E-state index is -0.535. The van der Waals surface area contributed by atoms with Gasteiger partial charge >= 0.3 is 6.03 Å². The van der Waals surface area contributed by atoms with Gasteiger partial charge in [-0.25, -0.2) is 9.78 Å². The molecule has 0 atom stereocenters. The van der Waals surface area contributed by atoms with Crippen molar-refractivity contribution in [3.63, 3.8) is 0 Å². The third kappa shape index (κ3) is 4.71.